The molecule has 0 aliphatic heterocycles. The molecule has 14 N–H and O–H groups in total. The molecule has 0 aliphatic rings. The number of carbonyl (C=O) groups is 8. The number of aliphatic carboxylic acids is 2. The number of hydrogen-bond donors (Lipinski definition) is 12. The van der Waals surface area contributed by atoms with Crippen LogP contribution in [-0.2, 0) is 48.1 Å². The zero-order valence-electron chi connectivity index (χ0n) is 30.1. The van der Waals surface area contributed by atoms with Crippen molar-refractivity contribution in [2.24, 2.45) is 11.5 Å². The van der Waals surface area contributed by atoms with Gasteiger partial charge in [-0.1, -0.05) is 13.2 Å². The molecule has 0 aliphatic carbocycles. The highest BCUT2D eigenvalue weighted by molar-refractivity contribution is 5.93. The Labute approximate surface area is 311 Å². The summed E-state index contributed by atoms with van der Waals surface area (Å²) in [5.41, 5.74) is 11.1. The highest BCUT2D eigenvalue weighted by Gasteiger charge is 2.29. The third kappa shape index (κ3) is 22.6. The number of amides is 6. The molecule has 4 atom stereocenters. The van der Waals surface area contributed by atoms with Crippen LogP contribution in [0.1, 0.15) is 77.0 Å². The summed E-state index contributed by atoms with van der Waals surface area (Å²) in [6.45, 7) is 6.89. The number of nitrogens with two attached hydrogens (primary N) is 2. The van der Waals surface area contributed by atoms with Crippen molar-refractivity contribution in [2.45, 2.75) is 101 Å². The molecule has 2 unspecified atom stereocenters. The molecule has 22 heteroatoms. The SMILES string of the molecule is C=C(CC(=O)NC(CCC(=O)O)C(=O)N[C@@H](CCCCN)C(=O)NCCNC(=O)[C@H](CCCCN)NC(=O)C(CCC(=O)O)NC(=O)CC(=C)OO)OO. The first-order valence-corrected chi connectivity index (χ1v) is 17.1. The number of hydrogen-bond acceptors (Lipinski definition) is 14. The molecular weight excluding hydrogens is 720 g/mol. The van der Waals surface area contributed by atoms with Gasteiger partial charge in [0.05, 0.1) is 12.8 Å². The van der Waals surface area contributed by atoms with Crippen LogP contribution in [0.25, 0.3) is 0 Å². The standard InChI is InChI=1S/C32H54N8O14/c1-19(53-51)17-25(41)37-23(9-11-27(43)44)31(49)39-21(7-3-5-13-33)29(47)35-15-16-36-30(48)22(8-4-6-14-34)40-32(50)24(10-12-28(45)46)38-26(42)18-20(2)54-52/h21-24,51-52H,1-18,33-34H2,(H,35,47)(H,36,48)(H,37,41)(H,38,42)(H,39,49)(H,40,50)(H,43,44)(H,45,46)/t21-,22-,23?,24?/m0/s1. The quantitative estimate of drug-likeness (QED) is 0.0156. The Kier molecular flexibility index (Phi) is 25.4. The van der Waals surface area contributed by atoms with E-state index in [1.54, 1.807) is 0 Å². The molecule has 0 aromatic carbocycles. The summed E-state index contributed by atoms with van der Waals surface area (Å²) in [4.78, 5) is 107. The average Bonchev–Trinajstić information content (AvgIpc) is 3.11. The second kappa shape index (κ2) is 28.2. The highest BCUT2D eigenvalue weighted by atomic mass is 17.1. The first-order valence-electron chi connectivity index (χ1n) is 17.1. The van der Waals surface area contributed by atoms with E-state index in [2.05, 4.69) is 54.8 Å². The smallest absolute Gasteiger partial charge is 0.303 e. The van der Waals surface area contributed by atoms with Gasteiger partial charge in [-0.15, -0.1) is 0 Å². The molecule has 0 radical (unpaired) electrons. The van der Waals surface area contributed by atoms with Crippen LogP contribution in [0.2, 0.25) is 0 Å². The van der Waals surface area contributed by atoms with E-state index < -0.39 is 97.2 Å². The molecule has 0 spiro atoms. The minimum atomic E-state index is -1.37. The predicted octanol–water partition coefficient (Wildman–Crippen LogP) is -2.07. The molecule has 0 bridgehead atoms. The fourth-order valence-corrected chi connectivity index (χ4v) is 4.67. The topological polar surface area (TPSA) is 360 Å². The lowest BCUT2D eigenvalue weighted by atomic mass is 10.1. The van der Waals surface area contributed by atoms with Gasteiger partial charge in [-0.05, 0) is 64.5 Å². The van der Waals surface area contributed by atoms with Gasteiger partial charge in [-0.2, -0.15) is 0 Å². The van der Waals surface area contributed by atoms with Crippen LogP contribution < -0.4 is 43.4 Å². The van der Waals surface area contributed by atoms with Gasteiger partial charge in [-0.25, -0.2) is 10.5 Å². The van der Waals surface area contributed by atoms with E-state index in [9.17, 15) is 38.4 Å². The number of unbranched alkanes of at least 4 members (excludes halogenated alkanes) is 2. The second-order valence-electron chi connectivity index (χ2n) is 12.0. The lowest BCUT2D eigenvalue weighted by Crippen LogP contribution is -2.55. The molecule has 6 amide bonds. The summed E-state index contributed by atoms with van der Waals surface area (Å²) < 4.78 is 0. The lowest BCUT2D eigenvalue weighted by Gasteiger charge is -2.24. The van der Waals surface area contributed by atoms with E-state index in [1.165, 1.54) is 0 Å². The van der Waals surface area contributed by atoms with E-state index in [-0.39, 0.29) is 50.3 Å². The average molecular weight is 775 g/mol. The fraction of sp³-hybridized carbons (Fsp3) is 0.625. The van der Waals surface area contributed by atoms with Gasteiger partial charge >= 0.3 is 11.9 Å². The van der Waals surface area contributed by atoms with Crippen LogP contribution in [-0.4, -0.2) is 118 Å². The van der Waals surface area contributed by atoms with E-state index >= 15 is 0 Å². The Morgan fingerprint density at radius 1 is 0.519 bits per heavy atom. The first kappa shape index (κ1) is 48.7. The summed E-state index contributed by atoms with van der Waals surface area (Å²) in [5.74, 6) is -7.82. The van der Waals surface area contributed by atoms with Crippen molar-refractivity contribution in [1.82, 2.24) is 31.9 Å². The van der Waals surface area contributed by atoms with Gasteiger partial charge in [-0.3, -0.25) is 38.4 Å². The van der Waals surface area contributed by atoms with Gasteiger partial charge in [0.1, 0.15) is 35.7 Å². The number of rotatable bonds is 31. The van der Waals surface area contributed by atoms with Gasteiger partial charge in [0.2, 0.25) is 35.4 Å². The Hall–Kier alpha value is -5.32. The molecule has 0 saturated carbocycles. The molecule has 54 heavy (non-hydrogen) atoms. The van der Waals surface area contributed by atoms with Crippen molar-refractivity contribution < 1.29 is 68.9 Å². The van der Waals surface area contributed by atoms with Crippen LogP contribution in [0.5, 0.6) is 0 Å². The third-order valence-corrected chi connectivity index (χ3v) is 7.45. The summed E-state index contributed by atoms with van der Waals surface area (Å²) in [6, 6.07) is -5.05. The zero-order valence-corrected chi connectivity index (χ0v) is 30.1. The minimum Gasteiger partial charge on any atom is -0.481 e. The summed E-state index contributed by atoms with van der Waals surface area (Å²) >= 11 is 0. The van der Waals surface area contributed by atoms with Crippen molar-refractivity contribution in [2.75, 3.05) is 26.2 Å². The Bertz CT molecular complexity index is 1200. The second-order valence-corrected chi connectivity index (χ2v) is 12.0. The van der Waals surface area contributed by atoms with Gasteiger partial charge in [0, 0.05) is 25.9 Å². The van der Waals surface area contributed by atoms with Gasteiger partial charge < -0.3 is 63.4 Å². The summed E-state index contributed by atoms with van der Waals surface area (Å²) in [5, 5.41) is 50.3. The first-order chi connectivity index (χ1) is 25.6. The number of carboxylic acids is 2. The Morgan fingerprint density at radius 2 is 0.852 bits per heavy atom. The molecule has 306 valence electrons. The molecule has 0 fully saturated rings. The number of nitrogens with one attached hydrogen (secondary N) is 6. The number of carbonyl (C=O) groups excluding carboxylic acids is 6. The van der Waals surface area contributed by atoms with Crippen LogP contribution in [0.4, 0.5) is 0 Å². The van der Waals surface area contributed by atoms with E-state index in [0.717, 1.165) is 0 Å². The van der Waals surface area contributed by atoms with E-state index in [4.69, 9.17) is 32.2 Å². The molecular formula is C32H54N8O14. The highest BCUT2D eigenvalue weighted by Crippen LogP contribution is 2.08. The third-order valence-electron chi connectivity index (χ3n) is 7.45. The molecule has 0 aromatic rings. The largest absolute Gasteiger partial charge is 0.481 e. The van der Waals surface area contributed by atoms with Crippen LogP contribution in [0.3, 0.4) is 0 Å². The lowest BCUT2D eigenvalue weighted by molar-refractivity contribution is -0.205. The summed E-state index contributed by atoms with van der Waals surface area (Å²) in [7, 11) is 0. The maximum Gasteiger partial charge on any atom is 0.303 e. The minimum absolute atomic E-state index is 0.117. The Morgan fingerprint density at radius 3 is 1.15 bits per heavy atom. The predicted molar refractivity (Wildman–Crippen MR) is 188 cm³/mol. The van der Waals surface area contributed by atoms with Crippen molar-refractivity contribution in [3.63, 3.8) is 0 Å². The maximum absolute atomic E-state index is 13.1. The van der Waals surface area contributed by atoms with Crippen LogP contribution in [0, 0.1) is 0 Å². The number of carboxylic acid groups (broad SMARTS) is 2. The van der Waals surface area contributed by atoms with E-state index in [1.807, 2.05) is 0 Å². The van der Waals surface area contributed by atoms with Crippen molar-refractivity contribution in [3.8, 4) is 0 Å². The van der Waals surface area contributed by atoms with Crippen LogP contribution >= 0.6 is 0 Å². The van der Waals surface area contributed by atoms with Crippen molar-refractivity contribution >= 4 is 47.4 Å². The molecule has 22 nitrogen and oxygen atoms in total. The van der Waals surface area contributed by atoms with Crippen molar-refractivity contribution in [1.29, 1.82) is 0 Å². The van der Waals surface area contributed by atoms with Crippen molar-refractivity contribution in [3.05, 3.63) is 24.7 Å². The fourth-order valence-electron chi connectivity index (χ4n) is 4.67. The van der Waals surface area contributed by atoms with Gasteiger partial charge in [0.15, 0.2) is 0 Å². The molecule has 0 heterocycles. The summed E-state index contributed by atoms with van der Waals surface area (Å²) in [6.07, 6.45) is -0.654. The maximum atomic E-state index is 13.1. The monoisotopic (exact) mass is 774 g/mol. The zero-order chi connectivity index (χ0) is 41.1. The molecule has 0 rings (SSSR count). The molecule has 0 aromatic heterocycles. The Balaban J connectivity index is 5.63. The van der Waals surface area contributed by atoms with Gasteiger partial charge in [0.25, 0.3) is 0 Å². The van der Waals surface area contributed by atoms with E-state index in [0.29, 0.717) is 38.8 Å². The normalized spacial score (nSPS) is 12.7. The molecule has 0 saturated heterocycles. The van der Waals surface area contributed by atoms with Crippen LogP contribution in [0.15, 0.2) is 24.7 Å².